The molecule has 0 radical (unpaired) electrons. The highest BCUT2D eigenvalue weighted by Crippen LogP contribution is 2.28. The first-order valence-electron chi connectivity index (χ1n) is 10.6. The number of allylic oxidation sites excluding steroid dienone is 1. The summed E-state index contributed by atoms with van der Waals surface area (Å²) in [5, 5.41) is 9.41. The summed E-state index contributed by atoms with van der Waals surface area (Å²) in [6.45, 7) is 12.1. The molecule has 0 atom stereocenters. The van der Waals surface area contributed by atoms with Crippen LogP contribution in [0.4, 0.5) is 0 Å². The van der Waals surface area contributed by atoms with Gasteiger partial charge in [0.25, 0.3) is 0 Å². The molecule has 0 bridgehead atoms. The van der Waals surface area contributed by atoms with Gasteiger partial charge < -0.3 is 10.6 Å². The number of benzene rings is 1. The molecule has 1 aromatic heterocycles. The molecule has 0 saturated carbocycles. The third-order valence-corrected chi connectivity index (χ3v) is 6.56. The quantitative estimate of drug-likeness (QED) is 0.526. The van der Waals surface area contributed by atoms with Gasteiger partial charge >= 0.3 is 0 Å². The minimum absolute atomic E-state index is 0.0390. The fourth-order valence-corrected chi connectivity index (χ4v) is 4.50. The molecule has 0 unspecified atom stereocenters. The van der Waals surface area contributed by atoms with Gasteiger partial charge in [-0.15, -0.1) is 16.8 Å². The van der Waals surface area contributed by atoms with Gasteiger partial charge in [0.05, 0.1) is 5.75 Å². The number of thioether (sulfide) groups is 1. The number of rotatable bonds is 7. The first-order valence-corrected chi connectivity index (χ1v) is 11.5. The Morgan fingerprint density at radius 1 is 1.19 bits per heavy atom. The van der Waals surface area contributed by atoms with Gasteiger partial charge in [-0.3, -0.25) is 14.2 Å². The number of nitrogens with two attached hydrogens (primary N) is 1. The molecule has 0 spiro atoms. The van der Waals surface area contributed by atoms with Crippen molar-refractivity contribution < 1.29 is 9.59 Å². The number of nitrogens with zero attached hydrogens (tertiary/aromatic N) is 4. The van der Waals surface area contributed by atoms with Crippen molar-refractivity contribution in [3.63, 3.8) is 0 Å². The Morgan fingerprint density at radius 3 is 2.39 bits per heavy atom. The number of hydrogen-bond acceptors (Lipinski definition) is 5. The molecule has 31 heavy (non-hydrogen) atoms. The zero-order valence-corrected chi connectivity index (χ0v) is 19.3. The Hall–Kier alpha value is -2.61. The molecule has 2 N–H and O–H groups in total. The van der Waals surface area contributed by atoms with Gasteiger partial charge in [-0.1, -0.05) is 62.9 Å². The van der Waals surface area contributed by atoms with E-state index in [2.05, 4.69) is 61.8 Å². The van der Waals surface area contributed by atoms with Crippen LogP contribution in [0.15, 0.2) is 42.1 Å². The number of aromatic nitrogens is 3. The van der Waals surface area contributed by atoms with Crippen LogP contribution >= 0.6 is 11.8 Å². The maximum atomic E-state index is 12.6. The Balaban J connectivity index is 1.69. The van der Waals surface area contributed by atoms with Crippen molar-refractivity contribution in [3.05, 3.63) is 42.5 Å². The molecule has 2 heterocycles. The van der Waals surface area contributed by atoms with Crippen LogP contribution in [-0.2, 0) is 21.5 Å². The minimum atomic E-state index is -0.276. The van der Waals surface area contributed by atoms with E-state index in [1.54, 1.807) is 11.0 Å². The number of carbonyl (C=O) groups excluding carboxylic acids is 2. The third-order valence-electron chi connectivity index (χ3n) is 5.61. The second kappa shape index (κ2) is 9.68. The van der Waals surface area contributed by atoms with E-state index < -0.39 is 0 Å². The maximum Gasteiger partial charge on any atom is 0.233 e. The molecule has 1 fully saturated rings. The van der Waals surface area contributed by atoms with Crippen molar-refractivity contribution in [3.8, 4) is 11.4 Å². The second-order valence-corrected chi connectivity index (χ2v) is 9.82. The Morgan fingerprint density at radius 2 is 1.84 bits per heavy atom. The highest BCUT2D eigenvalue weighted by atomic mass is 32.2. The van der Waals surface area contributed by atoms with Gasteiger partial charge in [0, 0.05) is 31.1 Å². The standard InChI is InChI=1S/C23H31N5O2S/c1-5-12-28-21(17-6-8-18(9-7-17)23(2,3)4)25-26-22(28)31-15-19(29)27-13-10-16(11-14-27)20(24)30/h5-9,16H,1,10-15H2,2-4H3,(H2,24,30). The molecular weight excluding hydrogens is 410 g/mol. The smallest absolute Gasteiger partial charge is 0.233 e. The minimum Gasteiger partial charge on any atom is -0.369 e. The summed E-state index contributed by atoms with van der Waals surface area (Å²) in [5.41, 5.74) is 7.70. The Bertz CT molecular complexity index is 938. The molecule has 2 aromatic rings. The van der Waals surface area contributed by atoms with Crippen LogP contribution in [0.5, 0.6) is 0 Å². The van der Waals surface area contributed by atoms with Crippen LogP contribution in [-0.4, -0.2) is 50.3 Å². The van der Waals surface area contributed by atoms with E-state index in [1.807, 2.05) is 4.57 Å². The van der Waals surface area contributed by atoms with Crippen molar-refractivity contribution in [2.24, 2.45) is 11.7 Å². The van der Waals surface area contributed by atoms with Crippen molar-refractivity contribution in [2.45, 2.75) is 50.7 Å². The highest BCUT2D eigenvalue weighted by Gasteiger charge is 2.26. The van der Waals surface area contributed by atoms with Crippen molar-refractivity contribution in [1.82, 2.24) is 19.7 Å². The summed E-state index contributed by atoms with van der Waals surface area (Å²) in [6, 6.07) is 8.36. The van der Waals surface area contributed by atoms with E-state index in [-0.39, 0.29) is 28.9 Å². The number of amides is 2. The van der Waals surface area contributed by atoms with Crippen LogP contribution in [0, 0.1) is 5.92 Å². The number of piperidine rings is 1. The van der Waals surface area contributed by atoms with Crippen molar-refractivity contribution >= 4 is 23.6 Å². The predicted molar refractivity (Wildman–Crippen MR) is 124 cm³/mol. The molecular formula is C23H31N5O2S. The Labute approximate surface area is 188 Å². The van der Waals surface area contributed by atoms with Gasteiger partial charge in [-0.2, -0.15) is 0 Å². The first-order chi connectivity index (χ1) is 14.7. The first kappa shape index (κ1) is 23.1. The average molecular weight is 442 g/mol. The van der Waals surface area contributed by atoms with Gasteiger partial charge in [0.1, 0.15) is 0 Å². The van der Waals surface area contributed by atoms with Crippen LogP contribution in [0.1, 0.15) is 39.2 Å². The molecule has 0 aliphatic carbocycles. The molecule has 1 aromatic carbocycles. The lowest BCUT2D eigenvalue weighted by Crippen LogP contribution is -2.42. The van der Waals surface area contributed by atoms with Crippen LogP contribution in [0.3, 0.4) is 0 Å². The lowest BCUT2D eigenvalue weighted by atomic mass is 9.87. The number of primary amides is 1. The second-order valence-electron chi connectivity index (χ2n) is 8.88. The SMILES string of the molecule is C=CCn1c(SCC(=O)N2CCC(C(N)=O)CC2)nnc1-c1ccc(C(C)(C)C)cc1. The number of likely N-dealkylation sites (tertiary alicyclic amines) is 1. The topological polar surface area (TPSA) is 94.1 Å². The summed E-state index contributed by atoms with van der Waals surface area (Å²) in [4.78, 5) is 25.8. The molecule has 166 valence electrons. The van der Waals surface area contributed by atoms with Gasteiger partial charge in [0.2, 0.25) is 11.8 Å². The molecule has 1 aliphatic rings. The lowest BCUT2D eigenvalue weighted by Gasteiger charge is -2.30. The van der Waals surface area contributed by atoms with Crippen LogP contribution in [0.25, 0.3) is 11.4 Å². The van der Waals surface area contributed by atoms with E-state index in [0.717, 1.165) is 11.4 Å². The molecule has 2 amide bonds. The molecule has 1 aliphatic heterocycles. The number of carbonyl (C=O) groups is 2. The molecule has 8 heteroatoms. The lowest BCUT2D eigenvalue weighted by molar-refractivity contribution is -0.132. The van der Waals surface area contributed by atoms with E-state index in [0.29, 0.717) is 37.6 Å². The molecule has 7 nitrogen and oxygen atoms in total. The van der Waals surface area contributed by atoms with Crippen LogP contribution < -0.4 is 5.73 Å². The van der Waals surface area contributed by atoms with E-state index in [4.69, 9.17) is 5.73 Å². The predicted octanol–water partition coefficient (Wildman–Crippen LogP) is 3.24. The maximum absolute atomic E-state index is 12.6. The van der Waals surface area contributed by atoms with Crippen molar-refractivity contribution in [2.75, 3.05) is 18.8 Å². The zero-order chi connectivity index (χ0) is 22.6. The van der Waals surface area contributed by atoms with E-state index in [1.165, 1.54) is 17.3 Å². The summed E-state index contributed by atoms with van der Waals surface area (Å²) >= 11 is 1.38. The molecule has 3 rings (SSSR count). The average Bonchev–Trinajstić information content (AvgIpc) is 3.14. The number of hydrogen-bond donors (Lipinski definition) is 1. The van der Waals surface area contributed by atoms with Crippen molar-refractivity contribution in [1.29, 1.82) is 0 Å². The fraction of sp³-hybridized carbons (Fsp3) is 0.478. The van der Waals surface area contributed by atoms with E-state index in [9.17, 15) is 9.59 Å². The largest absolute Gasteiger partial charge is 0.369 e. The Kier molecular flexibility index (Phi) is 7.20. The van der Waals surface area contributed by atoms with Gasteiger partial charge in [-0.25, -0.2) is 0 Å². The normalized spacial score (nSPS) is 15.1. The summed E-state index contributed by atoms with van der Waals surface area (Å²) < 4.78 is 1.98. The summed E-state index contributed by atoms with van der Waals surface area (Å²) in [6.07, 6.45) is 3.07. The highest BCUT2D eigenvalue weighted by molar-refractivity contribution is 7.99. The van der Waals surface area contributed by atoms with Gasteiger partial charge in [-0.05, 0) is 23.8 Å². The summed E-state index contributed by atoms with van der Waals surface area (Å²) in [7, 11) is 0. The third kappa shape index (κ3) is 5.55. The fourth-order valence-electron chi connectivity index (χ4n) is 3.65. The monoisotopic (exact) mass is 441 g/mol. The molecule has 1 saturated heterocycles. The van der Waals surface area contributed by atoms with Gasteiger partial charge in [0.15, 0.2) is 11.0 Å². The summed E-state index contributed by atoms with van der Waals surface area (Å²) in [5.74, 6) is 0.677. The van der Waals surface area contributed by atoms with E-state index >= 15 is 0 Å². The van der Waals surface area contributed by atoms with Crippen LogP contribution in [0.2, 0.25) is 0 Å². The zero-order valence-electron chi connectivity index (χ0n) is 18.5.